The van der Waals surface area contributed by atoms with Crippen LogP contribution in [-0.4, -0.2) is 58.5 Å². The Morgan fingerprint density at radius 2 is 1.88 bits per heavy atom. The molecule has 0 saturated heterocycles. The lowest BCUT2D eigenvalue weighted by atomic mass is 9.94. The van der Waals surface area contributed by atoms with Crippen LogP contribution in [0.15, 0.2) is 35.1 Å². The maximum absolute atomic E-state index is 12.9. The topological polar surface area (TPSA) is 130 Å². The standard InChI is InChI=1S/C19H23N3O3.C2HF3O2/c1-22(12-19(24)7-6-13-4-2-3-5-15(13)19)17(23)14-10-25-21-16(14)18(11-20)8-9-18;3-2(4,5)1(6)7/h2-5,10,24H,6-9,11-12,20H2,1H3;(H,6,7). The van der Waals surface area contributed by atoms with Gasteiger partial charge in [-0.3, -0.25) is 4.79 Å². The molecule has 2 aliphatic carbocycles. The van der Waals surface area contributed by atoms with Crippen molar-refractivity contribution in [3.05, 3.63) is 52.9 Å². The number of carboxylic acids is 1. The number of aryl methyl sites for hydroxylation is 1. The first-order valence-corrected chi connectivity index (χ1v) is 9.95. The number of aliphatic carboxylic acids is 1. The van der Waals surface area contributed by atoms with Gasteiger partial charge in [-0.2, -0.15) is 13.2 Å². The lowest BCUT2D eigenvalue weighted by Crippen LogP contribution is -2.41. The number of hydrogen-bond acceptors (Lipinski definition) is 6. The molecular weight excluding hydrogens is 431 g/mol. The van der Waals surface area contributed by atoms with E-state index in [4.69, 9.17) is 20.2 Å². The average Bonchev–Trinajstić information content (AvgIpc) is 3.25. The molecule has 0 aliphatic heterocycles. The quantitative estimate of drug-likeness (QED) is 0.630. The molecule has 4 rings (SSSR count). The second-order valence-electron chi connectivity index (χ2n) is 8.21. The molecule has 1 unspecified atom stereocenters. The number of alkyl halides is 3. The Morgan fingerprint density at radius 3 is 2.44 bits per heavy atom. The predicted octanol–water partition coefficient (Wildman–Crippen LogP) is 2.20. The third-order valence-electron chi connectivity index (χ3n) is 5.96. The molecule has 174 valence electrons. The molecule has 1 saturated carbocycles. The van der Waals surface area contributed by atoms with Crippen molar-refractivity contribution in [1.82, 2.24) is 10.1 Å². The Kier molecular flexibility index (Phi) is 6.34. The van der Waals surface area contributed by atoms with Crippen molar-refractivity contribution in [2.75, 3.05) is 20.1 Å². The van der Waals surface area contributed by atoms with Gasteiger partial charge in [0.05, 0.1) is 6.54 Å². The van der Waals surface area contributed by atoms with E-state index in [2.05, 4.69) is 5.16 Å². The fourth-order valence-electron chi connectivity index (χ4n) is 3.96. The normalized spacial score (nSPS) is 20.7. The van der Waals surface area contributed by atoms with E-state index in [9.17, 15) is 23.1 Å². The molecule has 1 aromatic carbocycles. The summed E-state index contributed by atoms with van der Waals surface area (Å²) in [6.07, 6.45) is -0.387. The van der Waals surface area contributed by atoms with Gasteiger partial charge in [0.2, 0.25) is 0 Å². The number of nitrogens with zero attached hydrogens (tertiary/aromatic N) is 2. The third kappa shape index (κ3) is 4.63. The second-order valence-corrected chi connectivity index (χ2v) is 8.21. The monoisotopic (exact) mass is 455 g/mol. The van der Waals surface area contributed by atoms with E-state index in [1.807, 2.05) is 24.3 Å². The number of benzene rings is 1. The Morgan fingerprint density at radius 1 is 1.25 bits per heavy atom. The number of fused-ring (bicyclic) bond motifs is 1. The summed E-state index contributed by atoms with van der Waals surface area (Å²) < 4.78 is 36.8. The van der Waals surface area contributed by atoms with Crippen LogP contribution in [0.25, 0.3) is 0 Å². The van der Waals surface area contributed by atoms with Crippen LogP contribution >= 0.6 is 0 Å². The first-order valence-electron chi connectivity index (χ1n) is 9.95. The van der Waals surface area contributed by atoms with E-state index in [-0.39, 0.29) is 17.9 Å². The molecular formula is C21H24F3N3O5. The van der Waals surface area contributed by atoms with Crippen LogP contribution in [0.1, 0.15) is 46.4 Å². The van der Waals surface area contributed by atoms with Gasteiger partial charge in [-0.05, 0) is 36.8 Å². The smallest absolute Gasteiger partial charge is 0.475 e. The Balaban J connectivity index is 0.000000360. The van der Waals surface area contributed by atoms with Crippen molar-refractivity contribution in [2.45, 2.75) is 42.9 Å². The molecule has 4 N–H and O–H groups in total. The summed E-state index contributed by atoms with van der Waals surface area (Å²) >= 11 is 0. The molecule has 2 aliphatic rings. The summed E-state index contributed by atoms with van der Waals surface area (Å²) in [5, 5.41) is 22.3. The van der Waals surface area contributed by atoms with Gasteiger partial charge in [0.1, 0.15) is 23.1 Å². The van der Waals surface area contributed by atoms with E-state index in [0.717, 1.165) is 30.4 Å². The summed E-state index contributed by atoms with van der Waals surface area (Å²) in [6.45, 7) is 0.698. The summed E-state index contributed by atoms with van der Waals surface area (Å²) in [5.41, 5.74) is 7.83. The lowest BCUT2D eigenvalue weighted by molar-refractivity contribution is -0.192. The van der Waals surface area contributed by atoms with Crippen LogP contribution in [0.4, 0.5) is 13.2 Å². The summed E-state index contributed by atoms with van der Waals surface area (Å²) in [7, 11) is 1.71. The zero-order chi connectivity index (χ0) is 23.7. The maximum Gasteiger partial charge on any atom is 0.490 e. The number of likely N-dealkylation sites (N-methyl/N-ethyl adjacent to an activating group) is 1. The third-order valence-corrected chi connectivity index (χ3v) is 5.96. The zero-order valence-electron chi connectivity index (χ0n) is 17.4. The number of carbonyl (C=O) groups excluding carboxylic acids is 1. The van der Waals surface area contributed by atoms with Gasteiger partial charge in [0.15, 0.2) is 0 Å². The van der Waals surface area contributed by atoms with Crippen LogP contribution < -0.4 is 5.73 Å². The van der Waals surface area contributed by atoms with Crippen molar-refractivity contribution in [2.24, 2.45) is 5.73 Å². The van der Waals surface area contributed by atoms with Gasteiger partial charge in [0.25, 0.3) is 5.91 Å². The fraction of sp³-hybridized carbons (Fsp3) is 0.476. The van der Waals surface area contributed by atoms with E-state index in [1.165, 1.54) is 6.26 Å². The number of aliphatic hydroxyl groups is 1. The highest BCUT2D eigenvalue weighted by Crippen LogP contribution is 2.48. The summed E-state index contributed by atoms with van der Waals surface area (Å²) in [6, 6.07) is 7.88. The number of rotatable bonds is 5. The van der Waals surface area contributed by atoms with E-state index in [0.29, 0.717) is 24.2 Å². The molecule has 0 spiro atoms. The van der Waals surface area contributed by atoms with E-state index < -0.39 is 17.7 Å². The number of hydrogen-bond donors (Lipinski definition) is 3. The molecule has 0 bridgehead atoms. The van der Waals surface area contributed by atoms with Gasteiger partial charge in [0, 0.05) is 19.0 Å². The van der Waals surface area contributed by atoms with Crippen molar-refractivity contribution in [1.29, 1.82) is 0 Å². The molecule has 32 heavy (non-hydrogen) atoms. The van der Waals surface area contributed by atoms with Crippen LogP contribution in [0.2, 0.25) is 0 Å². The highest BCUT2D eigenvalue weighted by Gasteiger charge is 2.48. The first-order chi connectivity index (χ1) is 14.9. The molecule has 1 atom stereocenters. The minimum absolute atomic E-state index is 0.186. The van der Waals surface area contributed by atoms with Crippen LogP contribution in [0.3, 0.4) is 0 Å². The van der Waals surface area contributed by atoms with Crippen molar-refractivity contribution in [3.8, 4) is 0 Å². The SMILES string of the molecule is CN(CC1(O)CCc2ccccc21)C(=O)c1conc1C1(CN)CC1.O=C(O)C(F)(F)F. The first kappa shape index (κ1) is 23.7. The number of halogens is 3. The van der Waals surface area contributed by atoms with Crippen LogP contribution in [0.5, 0.6) is 0 Å². The molecule has 0 radical (unpaired) electrons. The van der Waals surface area contributed by atoms with Crippen LogP contribution in [0, 0.1) is 0 Å². The maximum atomic E-state index is 12.9. The average molecular weight is 455 g/mol. The van der Waals surface area contributed by atoms with Gasteiger partial charge >= 0.3 is 12.1 Å². The number of carboxylic acid groups (broad SMARTS) is 1. The Bertz CT molecular complexity index is 1000. The zero-order valence-corrected chi connectivity index (χ0v) is 17.4. The van der Waals surface area contributed by atoms with E-state index in [1.54, 1.807) is 11.9 Å². The number of nitrogens with two attached hydrogens (primary N) is 1. The molecule has 1 heterocycles. The predicted molar refractivity (Wildman–Crippen MR) is 106 cm³/mol. The number of amides is 1. The molecule has 11 heteroatoms. The molecule has 2 aromatic rings. The minimum atomic E-state index is -5.08. The van der Waals surface area contributed by atoms with Crippen molar-refractivity contribution in [3.63, 3.8) is 0 Å². The van der Waals surface area contributed by atoms with Gasteiger partial charge in [-0.1, -0.05) is 29.4 Å². The highest BCUT2D eigenvalue weighted by atomic mass is 19.4. The second kappa shape index (κ2) is 8.55. The van der Waals surface area contributed by atoms with Gasteiger partial charge < -0.3 is 25.4 Å². The van der Waals surface area contributed by atoms with Crippen molar-refractivity contribution >= 4 is 11.9 Å². The molecule has 1 aromatic heterocycles. The van der Waals surface area contributed by atoms with Crippen molar-refractivity contribution < 1.29 is 37.5 Å². The summed E-state index contributed by atoms with van der Waals surface area (Å²) in [4.78, 5) is 23.4. The molecule has 1 amide bonds. The lowest BCUT2D eigenvalue weighted by Gasteiger charge is -2.30. The van der Waals surface area contributed by atoms with Gasteiger partial charge in [-0.15, -0.1) is 0 Å². The summed E-state index contributed by atoms with van der Waals surface area (Å²) in [5.74, 6) is -2.94. The Labute approximate surface area is 181 Å². The van der Waals surface area contributed by atoms with Gasteiger partial charge in [-0.25, -0.2) is 4.79 Å². The molecule has 8 nitrogen and oxygen atoms in total. The highest BCUT2D eigenvalue weighted by molar-refractivity contribution is 5.95. The fourth-order valence-corrected chi connectivity index (χ4v) is 3.96. The number of carbonyl (C=O) groups is 2. The van der Waals surface area contributed by atoms with E-state index >= 15 is 0 Å². The Hall–Kier alpha value is -2.92. The van der Waals surface area contributed by atoms with Crippen LogP contribution in [-0.2, 0) is 22.2 Å². The largest absolute Gasteiger partial charge is 0.490 e. The minimum Gasteiger partial charge on any atom is -0.475 e. The number of aromatic nitrogens is 1. The molecule has 1 fully saturated rings.